The van der Waals surface area contributed by atoms with Gasteiger partial charge in [-0.2, -0.15) is 10.2 Å². The molecule has 1 N–H and O–H groups in total. The van der Waals surface area contributed by atoms with E-state index < -0.39 is 0 Å². The van der Waals surface area contributed by atoms with Gasteiger partial charge in [0.1, 0.15) is 5.69 Å². The summed E-state index contributed by atoms with van der Waals surface area (Å²) in [6.07, 6.45) is 4.81. The summed E-state index contributed by atoms with van der Waals surface area (Å²) in [5, 5.41) is 11.8. The highest BCUT2D eigenvalue weighted by Gasteiger charge is 2.27. The van der Waals surface area contributed by atoms with Crippen LogP contribution < -0.4 is 5.56 Å². The molecule has 0 radical (unpaired) electrons. The number of rotatable bonds is 3. The van der Waals surface area contributed by atoms with Crippen molar-refractivity contribution in [3.05, 3.63) is 45.1 Å². The summed E-state index contributed by atoms with van der Waals surface area (Å²) < 4.78 is 1.63. The fraction of sp³-hybridized carbons (Fsp3) is 0.619. The Morgan fingerprint density at radius 3 is 2.64 bits per heavy atom. The van der Waals surface area contributed by atoms with Crippen LogP contribution in [0.3, 0.4) is 0 Å². The maximum absolute atomic E-state index is 12.8. The summed E-state index contributed by atoms with van der Waals surface area (Å²) >= 11 is 0. The molecule has 1 saturated heterocycles. The van der Waals surface area contributed by atoms with Crippen molar-refractivity contribution in [3.63, 3.8) is 0 Å². The molecule has 0 atom stereocenters. The molecule has 2 aromatic heterocycles. The van der Waals surface area contributed by atoms with E-state index in [0.29, 0.717) is 31.2 Å². The Morgan fingerprint density at radius 2 is 1.96 bits per heavy atom. The molecule has 2 aliphatic rings. The number of amides is 1. The van der Waals surface area contributed by atoms with E-state index in [1.807, 2.05) is 11.0 Å². The molecule has 2 aromatic rings. The normalized spacial score (nSPS) is 17.8. The van der Waals surface area contributed by atoms with Crippen LogP contribution in [0.25, 0.3) is 0 Å². The molecule has 4 rings (SSSR count). The van der Waals surface area contributed by atoms with E-state index in [1.54, 1.807) is 10.7 Å². The van der Waals surface area contributed by atoms with E-state index in [-0.39, 0.29) is 16.9 Å². The average Bonchev–Trinajstić information content (AvgIpc) is 3.31. The lowest BCUT2D eigenvalue weighted by atomic mass is 9.92. The monoisotopic (exact) mass is 383 g/mol. The third-order valence-corrected chi connectivity index (χ3v) is 5.96. The summed E-state index contributed by atoms with van der Waals surface area (Å²) in [6.45, 7) is 8.31. The molecule has 1 fully saturated rings. The summed E-state index contributed by atoms with van der Waals surface area (Å²) in [5.41, 5.74) is 3.60. The first-order valence-corrected chi connectivity index (χ1v) is 10.3. The summed E-state index contributed by atoms with van der Waals surface area (Å²) in [7, 11) is 0. The standard InChI is InChI=1S/C21H29N5O2/c1-21(2,3)18-12-17(22-23-18)20(28)25-9-7-14(8-10-25)13-26-19(27)11-15-5-4-6-16(15)24-26/h11-12,14H,4-10,13H2,1-3H3,(H,22,23). The van der Waals surface area contributed by atoms with Crippen LogP contribution in [0.5, 0.6) is 0 Å². The molecule has 7 nitrogen and oxygen atoms in total. The number of carbonyl (C=O) groups is 1. The molecule has 0 saturated carbocycles. The average molecular weight is 383 g/mol. The van der Waals surface area contributed by atoms with Crippen molar-refractivity contribution in [2.45, 2.75) is 64.8 Å². The van der Waals surface area contributed by atoms with Gasteiger partial charge in [0.25, 0.3) is 11.5 Å². The molecule has 28 heavy (non-hydrogen) atoms. The lowest BCUT2D eigenvalue weighted by Crippen LogP contribution is -2.40. The highest BCUT2D eigenvalue weighted by atomic mass is 16.2. The highest BCUT2D eigenvalue weighted by molar-refractivity contribution is 5.92. The van der Waals surface area contributed by atoms with E-state index >= 15 is 0 Å². The Balaban J connectivity index is 1.37. The van der Waals surface area contributed by atoms with Crippen LogP contribution in [0.15, 0.2) is 16.9 Å². The minimum atomic E-state index is -0.0609. The Kier molecular flexibility index (Phi) is 4.85. The molecule has 0 unspecified atom stereocenters. The molecule has 3 heterocycles. The number of aryl methyl sites for hydroxylation is 2. The zero-order valence-electron chi connectivity index (χ0n) is 17.0. The van der Waals surface area contributed by atoms with Crippen LogP contribution in [0.1, 0.15) is 67.5 Å². The molecular weight excluding hydrogens is 354 g/mol. The third kappa shape index (κ3) is 3.75. The minimum Gasteiger partial charge on any atom is -0.337 e. The molecule has 150 valence electrons. The molecule has 1 amide bonds. The lowest BCUT2D eigenvalue weighted by Gasteiger charge is -2.31. The van der Waals surface area contributed by atoms with Gasteiger partial charge in [-0.25, -0.2) is 4.68 Å². The Hall–Kier alpha value is -2.44. The number of nitrogens with zero attached hydrogens (tertiary/aromatic N) is 4. The first-order chi connectivity index (χ1) is 13.3. The molecule has 7 heteroatoms. The van der Waals surface area contributed by atoms with Gasteiger partial charge in [-0.05, 0) is 49.7 Å². The number of piperidine rings is 1. The molecule has 0 spiro atoms. The maximum Gasteiger partial charge on any atom is 0.274 e. The summed E-state index contributed by atoms with van der Waals surface area (Å²) in [5.74, 6) is 0.357. The summed E-state index contributed by atoms with van der Waals surface area (Å²) in [6, 6.07) is 3.63. The van der Waals surface area contributed by atoms with Gasteiger partial charge in [0.15, 0.2) is 0 Å². The number of carbonyl (C=O) groups excluding carboxylic acids is 1. The third-order valence-electron chi connectivity index (χ3n) is 5.96. The predicted octanol–water partition coefficient (Wildman–Crippen LogP) is 2.30. The second-order valence-corrected chi connectivity index (χ2v) is 9.14. The number of fused-ring (bicyclic) bond motifs is 1. The van der Waals surface area contributed by atoms with Crippen LogP contribution in [-0.4, -0.2) is 43.9 Å². The van der Waals surface area contributed by atoms with Gasteiger partial charge in [-0.1, -0.05) is 20.8 Å². The van der Waals surface area contributed by atoms with Crippen molar-refractivity contribution < 1.29 is 4.79 Å². The number of H-pyrrole nitrogens is 1. The Bertz CT molecular complexity index is 929. The fourth-order valence-electron chi connectivity index (χ4n) is 4.11. The predicted molar refractivity (Wildman–Crippen MR) is 106 cm³/mol. The van der Waals surface area contributed by atoms with Gasteiger partial charge in [0.2, 0.25) is 0 Å². The van der Waals surface area contributed by atoms with Gasteiger partial charge in [-0.15, -0.1) is 0 Å². The lowest BCUT2D eigenvalue weighted by molar-refractivity contribution is 0.0674. The number of hydrogen-bond donors (Lipinski definition) is 1. The highest BCUT2D eigenvalue weighted by Crippen LogP contribution is 2.23. The van der Waals surface area contributed by atoms with Crippen LogP contribution in [0.2, 0.25) is 0 Å². The fourth-order valence-corrected chi connectivity index (χ4v) is 4.11. The molecule has 1 aliphatic carbocycles. The second-order valence-electron chi connectivity index (χ2n) is 9.14. The van der Waals surface area contributed by atoms with Gasteiger partial charge in [0, 0.05) is 36.8 Å². The van der Waals surface area contributed by atoms with Gasteiger partial charge < -0.3 is 4.90 Å². The molecule has 1 aliphatic heterocycles. The van der Waals surface area contributed by atoms with Crippen molar-refractivity contribution in [3.8, 4) is 0 Å². The number of hydrogen-bond acceptors (Lipinski definition) is 4. The van der Waals surface area contributed by atoms with Crippen LogP contribution in [0, 0.1) is 5.92 Å². The van der Waals surface area contributed by atoms with Crippen LogP contribution in [-0.2, 0) is 24.8 Å². The first-order valence-electron chi connectivity index (χ1n) is 10.3. The largest absolute Gasteiger partial charge is 0.337 e. The van der Waals surface area contributed by atoms with Crippen molar-refractivity contribution >= 4 is 5.91 Å². The SMILES string of the molecule is CC(C)(C)c1cc(C(=O)N2CCC(Cn3nc4c(cc3=O)CCC4)CC2)n[nH]1. The number of aromatic amines is 1. The van der Waals surface area contributed by atoms with Gasteiger partial charge in [0.05, 0.1) is 5.69 Å². The number of likely N-dealkylation sites (tertiary alicyclic amines) is 1. The molecular formula is C21H29N5O2. The zero-order valence-corrected chi connectivity index (χ0v) is 17.0. The van der Waals surface area contributed by atoms with Crippen molar-refractivity contribution in [2.24, 2.45) is 5.92 Å². The number of nitrogens with one attached hydrogen (secondary N) is 1. The number of aromatic nitrogens is 4. The Labute approximate surface area is 165 Å². The van der Waals surface area contributed by atoms with Crippen LogP contribution in [0.4, 0.5) is 0 Å². The molecule has 0 aromatic carbocycles. The van der Waals surface area contributed by atoms with E-state index in [4.69, 9.17) is 0 Å². The summed E-state index contributed by atoms with van der Waals surface area (Å²) in [4.78, 5) is 27.0. The second kappa shape index (κ2) is 7.18. The van der Waals surface area contributed by atoms with E-state index in [9.17, 15) is 9.59 Å². The maximum atomic E-state index is 12.8. The van der Waals surface area contributed by atoms with Gasteiger partial charge >= 0.3 is 0 Å². The van der Waals surface area contributed by atoms with E-state index in [2.05, 4.69) is 36.1 Å². The smallest absolute Gasteiger partial charge is 0.274 e. The van der Waals surface area contributed by atoms with Crippen LogP contribution >= 0.6 is 0 Å². The first kappa shape index (κ1) is 18.9. The quantitative estimate of drug-likeness (QED) is 0.881. The zero-order chi connectivity index (χ0) is 19.9. The van der Waals surface area contributed by atoms with E-state index in [1.165, 1.54) is 0 Å². The molecule has 0 bridgehead atoms. The Morgan fingerprint density at radius 1 is 1.21 bits per heavy atom. The van der Waals surface area contributed by atoms with Gasteiger partial charge in [-0.3, -0.25) is 14.7 Å². The van der Waals surface area contributed by atoms with E-state index in [0.717, 1.165) is 49.1 Å². The van der Waals surface area contributed by atoms with Crippen molar-refractivity contribution in [2.75, 3.05) is 13.1 Å². The minimum absolute atomic E-state index is 0.00499. The van der Waals surface area contributed by atoms with Crippen molar-refractivity contribution in [1.82, 2.24) is 24.9 Å². The van der Waals surface area contributed by atoms with Crippen molar-refractivity contribution in [1.29, 1.82) is 0 Å². The topological polar surface area (TPSA) is 83.9 Å².